The Balaban J connectivity index is 2.28. The molecule has 0 bridgehead atoms. The fourth-order valence-corrected chi connectivity index (χ4v) is 2.02. The van der Waals surface area contributed by atoms with Crippen molar-refractivity contribution in [3.63, 3.8) is 0 Å². The second-order valence-corrected chi connectivity index (χ2v) is 5.46. The molecule has 0 saturated heterocycles. The average Bonchev–Trinajstić information content (AvgIpc) is 2.65. The molecule has 5 heteroatoms. The van der Waals surface area contributed by atoms with Crippen LogP contribution in [0.3, 0.4) is 0 Å². The van der Waals surface area contributed by atoms with Crippen LogP contribution in [0.4, 0.5) is 0 Å². The van der Waals surface area contributed by atoms with E-state index in [4.69, 9.17) is 9.47 Å². The van der Waals surface area contributed by atoms with Gasteiger partial charge in [-0.15, -0.1) is 0 Å². The van der Waals surface area contributed by atoms with Crippen LogP contribution in [-0.2, 0) is 0 Å². The largest absolute Gasteiger partial charge is 0.448 e. The van der Waals surface area contributed by atoms with Crippen molar-refractivity contribution in [1.82, 2.24) is 0 Å². The van der Waals surface area contributed by atoms with Crippen LogP contribution in [0.1, 0.15) is 27.2 Å². The Morgan fingerprint density at radius 1 is 1.22 bits per heavy atom. The van der Waals surface area contributed by atoms with Crippen molar-refractivity contribution < 1.29 is 14.4 Å². The van der Waals surface area contributed by atoms with E-state index in [1.807, 2.05) is 45.0 Å². The molecule has 1 aromatic rings. The zero-order valence-corrected chi connectivity index (χ0v) is 10.8. The van der Waals surface area contributed by atoms with E-state index < -0.39 is 5.79 Å². The molecule has 2 rings (SSSR count). The summed E-state index contributed by atoms with van der Waals surface area (Å²) in [6.07, 6.45) is 0.220. The quantitative estimate of drug-likeness (QED) is 0.612. The van der Waals surface area contributed by atoms with Gasteiger partial charge in [0.05, 0.1) is 6.42 Å². The van der Waals surface area contributed by atoms with Crippen LogP contribution in [0.25, 0.3) is 0 Å². The molecule has 0 N–H and O–H groups in total. The maximum Gasteiger partial charge on any atom is 0.262 e. The molecule has 0 aliphatic carbocycles. The first-order chi connectivity index (χ1) is 8.34. The van der Waals surface area contributed by atoms with Crippen molar-refractivity contribution in [3.8, 4) is 11.5 Å². The molecule has 5 nitrogen and oxygen atoms in total. The van der Waals surface area contributed by atoms with Crippen LogP contribution in [0.15, 0.2) is 24.3 Å². The van der Waals surface area contributed by atoms with E-state index in [-0.39, 0.29) is 23.3 Å². The number of hydrogen-bond acceptors (Lipinski definition) is 4. The topological polar surface area (TPSA) is 61.6 Å². The van der Waals surface area contributed by atoms with Crippen LogP contribution >= 0.6 is 0 Å². The van der Waals surface area contributed by atoms with Gasteiger partial charge in [0.15, 0.2) is 11.5 Å². The minimum Gasteiger partial charge on any atom is -0.448 e. The highest BCUT2D eigenvalue weighted by Gasteiger charge is 2.52. The average molecular weight is 251 g/mol. The Labute approximate surface area is 106 Å². The minimum atomic E-state index is -0.968. The Morgan fingerprint density at radius 2 is 1.72 bits per heavy atom. The molecular formula is C13H17NO4. The van der Waals surface area contributed by atoms with E-state index in [0.29, 0.717) is 11.5 Å². The van der Waals surface area contributed by atoms with E-state index >= 15 is 0 Å². The van der Waals surface area contributed by atoms with E-state index in [0.717, 1.165) is 0 Å². The summed E-state index contributed by atoms with van der Waals surface area (Å²) in [4.78, 5) is 10.2. The number of para-hydroxylation sites is 2. The Bertz CT molecular complexity index is 439. The molecule has 1 aliphatic rings. The van der Waals surface area contributed by atoms with Crippen LogP contribution in [0.2, 0.25) is 0 Å². The molecule has 98 valence electrons. The summed E-state index contributed by atoms with van der Waals surface area (Å²) in [7, 11) is 0. The van der Waals surface area contributed by atoms with Crippen molar-refractivity contribution in [2.75, 3.05) is 6.54 Å². The van der Waals surface area contributed by atoms with Gasteiger partial charge in [-0.1, -0.05) is 32.9 Å². The number of nitrogens with zero attached hydrogens (tertiary/aromatic N) is 1. The highest BCUT2D eigenvalue weighted by Crippen LogP contribution is 2.48. The van der Waals surface area contributed by atoms with Gasteiger partial charge < -0.3 is 9.47 Å². The van der Waals surface area contributed by atoms with Crippen molar-refractivity contribution in [3.05, 3.63) is 34.4 Å². The summed E-state index contributed by atoms with van der Waals surface area (Å²) < 4.78 is 11.8. The van der Waals surface area contributed by atoms with Gasteiger partial charge in [0.2, 0.25) is 6.54 Å². The first-order valence-electron chi connectivity index (χ1n) is 5.93. The molecular weight excluding hydrogens is 234 g/mol. The molecule has 0 fully saturated rings. The second kappa shape index (κ2) is 4.15. The molecule has 1 aliphatic heterocycles. The molecule has 18 heavy (non-hydrogen) atoms. The van der Waals surface area contributed by atoms with Crippen LogP contribution < -0.4 is 9.47 Å². The van der Waals surface area contributed by atoms with E-state index in [9.17, 15) is 10.1 Å². The first-order valence-corrected chi connectivity index (χ1v) is 5.93. The monoisotopic (exact) mass is 251 g/mol. The predicted octanol–water partition coefficient (Wildman–Crippen LogP) is 2.87. The van der Waals surface area contributed by atoms with Crippen LogP contribution in [0.5, 0.6) is 11.5 Å². The lowest BCUT2D eigenvalue weighted by atomic mass is 9.83. The van der Waals surface area contributed by atoms with Crippen LogP contribution in [0, 0.1) is 15.5 Å². The zero-order valence-electron chi connectivity index (χ0n) is 10.8. The van der Waals surface area contributed by atoms with Gasteiger partial charge >= 0.3 is 0 Å². The number of nitro groups is 1. The molecule has 1 heterocycles. The SMILES string of the molecule is CC(C)(C)C1(CC[N+](=O)[O-])Oc2ccccc2O1. The highest BCUT2D eigenvalue weighted by atomic mass is 16.7. The third-order valence-corrected chi connectivity index (χ3v) is 3.17. The van der Waals surface area contributed by atoms with E-state index in [1.54, 1.807) is 0 Å². The number of ether oxygens (including phenoxy) is 2. The number of benzene rings is 1. The Morgan fingerprint density at radius 3 is 2.11 bits per heavy atom. The van der Waals surface area contributed by atoms with E-state index in [2.05, 4.69) is 0 Å². The number of rotatable bonds is 3. The molecule has 0 amide bonds. The van der Waals surface area contributed by atoms with Gasteiger partial charge in [0.1, 0.15) is 0 Å². The molecule has 0 atom stereocenters. The molecule has 0 radical (unpaired) electrons. The Kier molecular flexibility index (Phi) is 2.92. The minimum absolute atomic E-state index is 0.175. The lowest BCUT2D eigenvalue weighted by Crippen LogP contribution is -2.51. The van der Waals surface area contributed by atoms with Gasteiger partial charge in [-0.2, -0.15) is 0 Å². The molecule has 1 aromatic carbocycles. The third kappa shape index (κ3) is 2.12. The van der Waals surface area contributed by atoms with Crippen molar-refractivity contribution in [2.24, 2.45) is 5.41 Å². The summed E-state index contributed by atoms with van der Waals surface area (Å²) in [6, 6.07) is 7.34. The maximum atomic E-state index is 10.6. The van der Waals surface area contributed by atoms with Gasteiger partial charge in [0.25, 0.3) is 5.79 Å². The number of hydrogen-bond donors (Lipinski definition) is 0. The van der Waals surface area contributed by atoms with Gasteiger partial charge in [0, 0.05) is 10.3 Å². The molecule has 0 unspecified atom stereocenters. The zero-order chi connectivity index (χ0) is 13.4. The lowest BCUT2D eigenvalue weighted by molar-refractivity contribution is -0.486. The normalized spacial score (nSPS) is 16.6. The standard InChI is InChI=1S/C13H17NO4/c1-12(2,3)13(8-9-14(15)16)17-10-6-4-5-7-11(10)18-13/h4-7H,8-9H2,1-3H3. The van der Waals surface area contributed by atoms with Crippen molar-refractivity contribution in [2.45, 2.75) is 33.0 Å². The summed E-state index contributed by atoms with van der Waals surface area (Å²) in [5.41, 5.74) is -0.359. The fourth-order valence-electron chi connectivity index (χ4n) is 2.02. The van der Waals surface area contributed by atoms with E-state index in [1.165, 1.54) is 0 Å². The second-order valence-electron chi connectivity index (χ2n) is 5.46. The lowest BCUT2D eigenvalue weighted by Gasteiger charge is -2.38. The van der Waals surface area contributed by atoms with Gasteiger partial charge in [-0.05, 0) is 12.1 Å². The smallest absolute Gasteiger partial charge is 0.262 e. The third-order valence-electron chi connectivity index (χ3n) is 3.17. The summed E-state index contributed by atoms with van der Waals surface area (Å²) in [6.45, 7) is 5.70. The summed E-state index contributed by atoms with van der Waals surface area (Å²) in [5.74, 6) is 0.329. The first kappa shape index (κ1) is 12.7. The van der Waals surface area contributed by atoms with Crippen molar-refractivity contribution in [1.29, 1.82) is 0 Å². The summed E-state index contributed by atoms with van der Waals surface area (Å²) >= 11 is 0. The van der Waals surface area contributed by atoms with Crippen molar-refractivity contribution >= 4 is 0 Å². The molecule has 0 spiro atoms. The Hall–Kier alpha value is -1.78. The highest BCUT2D eigenvalue weighted by molar-refractivity contribution is 5.43. The maximum absolute atomic E-state index is 10.6. The molecule has 0 aromatic heterocycles. The van der Waals surface area contributed by atoms with Gasteiger partial charge in [-0.25, -0.2) is 0 Å². The van der Waals surface area contributed by atoms with Crippen LogP contribution in [-0.4, -0.2) is 17.3 Å². The molecule has 0 saturated carbocycles. The van der Waals surface area contributed by atoms with Gasteiger partial charge in [-0.3, -0.25) is 10.1 Å². The number of fused-ring (bicyclic) bond motifs is 1. The predicted molar refractivity (Wildman–Crippen MR) is 66.4 cm³/mol. The fraction of sp³-hybridized carbons (Fsp3) is 0.538. The summed E-state index contributed by atoms with van der Waals surface area (Å²) in [5, 5.41) is 10.6.